The Kier molecular flexibility index (Phi) is 3.89. The van der Waals surface area contributed by atoms with Gasteiger partial charge in [-0.25, -0.2) is 4.90 Å². The number of rotatable bonds is 1. The number of carbonyl (C=O) groups is 4. The lowest BCUT2D eigenvalue weighted by Crippen LogP contribution is -2.29. The van der Waals surface area contributed by atoms with Crippen LogP contribution in [0.2, 0.25) is 0 Å². The van der Waals surface area contributed by atoms with Gasteiger partial charge in [-0.15, -0.1) is 0 Å². The van der Waals surface area contributed by atoms with E-state index in [-0.39, 0.29) is 23.6 Å². The molecule has 0 spiro atoms. The molecule has 0 bridgehead atoms. The molecule has 7 nitrogen and oxygen atoms in total. The molecule has 5 rings (SSSR count). The smallest absolute Gasteiger partial charge is 0.258 e. The van der Waals surface area contributed by atoms with Crippen molar-refractivity contribution >= 4 is 51.3 Å². The third kappa shape index (κ3) is 2.91. The molecule has 1 aromatic heterocycles. The Balaban J connectivity index is 0.000000218. The van der Waals surface area contributed by atoms with E-state index in [2.05, 4.69) is 0 Å². The number of fused-ring (bicyclic) bond motifs is 3. The van der Waals surface area contributed by atoms with Gasteiger partial charge < -0.3 is 4.42 Å². The van der Waals surface area contributed by atoms with Crippen LogP contribution in [0.3, 0.4) is 0 Å². The fourth-order valence-corrected chi connectivity index (χ4v) is 2.94. The van der Waals surface area contributed by atoms with Crippen molar-refractivity contribution in [2.24, 2.45) is 0 Å². The van der Waals surface area contributed by atoms with Crippen molar-refractivity contribution in [1.29, 1.82) is 0 Å². The predicted octanol–water partition coefficient (Wildman–Crippen LogP) is 2.21. The van der Waals surface area contributed by atoms with Gasteiger partial charge in [0.05, 0.1) is 11.1 Å². The monoisotopic (exact) mass is 360 g/mol. The van der Waals surface area contributed by atoms with Gasteiger partial charge in [0.15, 0.2) is 0 Å². The van der Waals surface area contributed by atoms with Crippen molar-refractivity contribution < 1.29 is 23.6 Å². The Hall–Kier alpha value is -4.00. The zero-order valence-corrected chi connectivity index (χ0v) is 13.8. The van der Waals surface area contributed by atoms with Gasteiger partial charge >= 0.3 is 0 Å². The van der Waals surface area contributed by atoms with E-state index in [0.717, 1.165) is 16.4 Å². The Morgan fingerprint density at radius 2 is 1.33 bits per heavy atom. The minimum atomic E-state index is -0.329. The fraction of sp³-hybridized carbons (Fsp3) is 0. The number of amides is 4. The quantitative estimate of drug-likeness (QED) is 0.671. The fourth-order valence-electron chi connectivity index (χ4n) is 2.94. The van der Waals surface area contributed by atoms with Crippen molar-refractivity contribution in [2.45, 2.75) is 0 Å². The summed E-state index contributed by atoms with van der Waals surface area (Å²) in [5, 5.41) is 3.71. The summed E-state index contributed by atoms with van der Waals surface area (Å²) in [5.74, 6) is -1.31. The summed E-state index contributed by atoms with van der Waals surface area (Å²) in [4.78, 5) is 45.0. The molecule has 7 heteroatoms. The number of hydrogen-bond acceptors (Lipinski definition) is 5. The zero-order valence-electron chi connectivity index (χ0n) is 13.8. The summed E-state index contributed by atoms with van der Waals surface area (Å²) in [6.45, 7) is 0. The first kappa shape index (κ1) is 16.5. The third-order valence-electron chi connectivity index (χ3n) is 4.06. The number of nitrogens with zero attached hydrogens (tertiary/aromatic N) is 1. The van der Waals surface area contributed by atoms with E-state index in [0.29, 0.717) is 11.3 Å². The summed E-state index contributed by atoms with van der Waals surface area (Å²) in [5.41, 5.74) is 1.96. The Morgan fingerprint density at radius 1 is 0.704 bits per heavy atom. The lowest BCUT2D eigenvalue weighted by Gasteiger charge is -2.14. The van der Waals surface area contributed by atoms with E-state index in [1.165, 1.54) is 29.2 Å². The van der Waals surface area contributed by atoms with Crippen LogP contribution in [0.25, 0.3) is 21.9 Å². The standard InChI is InChI=1S/C16H9NO3.C4H3NO2/c18-14-8-9-15(19)17(14)11-5-3-7-13-16(11)10-4-1-2-6-12(10)20-13;6-3-1-2-4(7)5-3/h1-9H;1-2H,(H,5,6,7). The van der Waals surface area contributed by atoms with Crippen LogP contribution in [0.4, 0.5) is 5.69 Å². The molecule has 0 saturated carbocycles. The SMILES string of the molecule is O=C1C=CC(=O)N1.O=C1C=CC(=O)N1c1cccc2oc3ccccc3c12. The molecule has 4 amide bonds. The van der Waals surface area contributed by atoms with E-state index in [9.17, 15) is 19.2 Å². The molecular weight excluding hydrogens is 348 g/mol. The molecule has 0 atom stereocenters. The Labute approximate surface area is 152 Å². The van der Waals surface area contributed by atoms with Crippen molar-refractivity contribution in [2.75, 3.05) is 4.90 Å². The topological polar surface area (TPSA) is 96.7 Å². The zero-order chi connectivity index (χ0) is 19.0. The molecule has 2 aromatic carbocycles. The second kappa shape index (κ2) is 6.38. The maximum absolute atomic E-state index is 11.9. The number of hydrogen-bond donors (Lipinski definition) is 1. The van der Waals surface area contributed by atoms with Gasteiger partial charge in [0, 0.05) is 29.7 Å². The molecule has 3 heterocycles. The van der Waals surface area contributed by atoms with Crippen LogP contribution >= 0.6 is 0 Å². The van der Waals surface area contributed by atoms with Crippen LogP contribution in [-0.4, -0.2) is 23.6 Å². The van der Waals surface area contributed by atoms with E-state index in [1.807, 2.05) is 35.6 Å². The highest BCUT2D eigenvalue weighted by molar-refractivity contribution is 6.31. The highest BCUT2D eigenvalue weighted by Crippen LogP contribution is 2.36. The molecule has 0 unspecified atom stereocenters. The summed E-state index contributed by atoms with van der Waals surface area (Å²) in [7, 11) is 0. The largest absolute Gasteiger partial charge is 0.456 e. The van der Waals surface area contributed by atoms with Crippen LogP contribution in [0, 0.1) is 0 Å². The van der Waals surface area contributed by atoms with Gasteiger partial charge in [-0.3, -0.25) is 24.5 Å². The maximum atomic E-state index is 11.9. The minimum Gasteiger partial charge on any atom is -0.456 e. The highest BCUT2D eigenvalue weighted by Gasteiger charge is 2.27. The summed E-state index contributed by atoms with van der Waals surface area (Å²) in [6.07, 6.45) is 4.96. The number of para-hydroxylation sites is 1. The van der Waals surface area contributed by atoms with Gasteiger partial charge in [0.1, 0.15) is 11.2 Å². The van der Waals surface area contributed by atoms with Crippen LogP contribution in [0.1, 0.15) is 0 Å². The van der Waals surface area contributed by atoms with Gasteiger partial charge in [-0.2, -0.15) is 0 Å². The van der Waals surface area contributed by atoms with Crippen LogP contribution < -0.4 is 10.2 Å². The first-order chi connectivity index (χ1) is 13.0. The third-order valence-corrected chi connectivity index (χ3v) is 4.06. The predicted molar refractivity (Wildman–Crippen MR) is 97.6 cm³/mol. The molecule has 0 aliphatic carbocycles. The van der Waals surface area contributed by atoms with Gasteiger partial charge in [0.25, 0.3) is 23.6 Å². The van der Waals surface area contributed by atoms with Crippen molar-refractivity contribution in [3.8, 4) is 0 Å². The van der Waals surface area contributed by atoms with Crippen LogP contribution in [0.5, 0.6) is 0 Å². The van der Waals surface area contributed by atoms with Crippen LogP contribution in [0.15, 0.2) is 71.2 Å². The second-order valence-corrected chi connectivity index (χ2v) is 5.78. The van der Waals surface area contributed by atoms with Crippen LogP contribution in [-0.2, 0) is 19.2 Å². The van der Waals surface area contributed by atoms with Gasteiger partial charge in [-0.1, -0.05) is 24.3 Å². The Morgan fingerprint density at radius 3 is 1.96 bits per heavy atom. The number of nitrogens with one attached hydrogen (secondary N) is 1. The van der Waals surface area contributed by atoms with Gasteiger partial charge in [0.2, 0.25) is 0 Å². The van der Waals surface area contributed by atoms with Crippen molar-refractivity contribution in [1.82, 2.24) is 5.32 Å². The number of benzene rings is 2. The molecule has 2 aliphatic rings. The number of imide groups is 2. The maximum Gasteiger partial charge on any atom is 0.258 e. The summed E-state index contributed by atoms with van der Waals surface area (Å²) >= 11 is 0. The molecule has 0 fully saturated rings. The highest BCUT2D eigenvalue weighted by atomic mass is 16.3. The number of furan rings is 1. The first-order valence-electron chi connectivity index (χ1n) is 8.04. The minimum absolute atomic E-state index is 0.326. The van der Waals surface area contributed by atoms with Crippen molar-refractivity contribution in [3.05, 3.63) is 66.8 Å². The number of anilines is 1. The molecule has 1 N–H and O–H groups in total. The average Bonchev–Trinajstić information content (AvgIpc) is 3.32. The average molecular weight is 360 g/mol. The lowest BCUT2D eigenvalue weighted by atomic mass is 10.1. The molecule has 2 aliphatic heterocycles. The molecule has 0 saturated heterocycles. The normalized spacial score (nSPS) is 15.6. The molecule has 132 valence electrons. The summed E-state index contributed by atoms with van der Waals surface area (Å²) in [6, 6.07) is 12.9. The number of carbonyl (C=O) groups excluding carboxylic acids is 4. The molecule has 0 radical (unpaired) electrons. The molecular formula is C20H12N2O5. The van der Waals surface area contributed by atoms with E-state index >= 15 is 0 Å². The van der Waals surface area contributed by atoms with E-state index in [4.69, 9.17) is 4.42 Å². The molecule has 27 heavy (non-hydrogen) atoms. The van der Waals surface area contributed by atoms with E-state index in [1.54, 1.807) is 12.1 Å². The van der Waals surface area contributed by atoms with E-state index < -0.39 is 0 Å². The lowest BCUT2D eigenvalue weighted by molar-refractivity contribution is -0.124. The first-order valence-corrected chi connectivity index (χ1v) is 8.04. The van der Waals surface area contributed by atoms with Gasteiger partial charge in [-0.05, 0) is 18.2 Å². The Bertz CT molecular complexity index is 1150. The second-order valence-electron chi connectivity index (χ2n) is 5.78. The molecule has 3 aromatic rings. The summed E-state index contributed by atoms with van der Waals surface area (Å²) < 4.78 is 5.75. The van der Waals surface area contributed by atoms with Crippen molar-refractivity contribution in [3.63, 3.8) is 0 Å².